The lowest BCUT2D eigenvalue weighted by atomic mass is 10.2. The summed E-state index contributed by atoms with van der Waals surface area (Å²) in [6.45, 7) is 4.21. The monoisotopic (exact) mass is 410 g/mol. The summed E-state index contributed by atoms with van der Waals surface area (Å²) in [5.74, 6) is 0.353. The zero-order valence-corrected chi connectivity index (χ0v) is 16.9. The summed E-state index contributed by atoms with van der Waals surface area (Å²) >= 11 is 1.26. The fourth-order valence-electron chi connectivity index (χ4n) is 2.63. The summed E-state index contributed by atoms with van der Waals surface area (Å²) in [6.07, 6.45) is 0. The molecule has 27 heavy (non-hydrogen) atoms. The molecule has 0 aliphatic carbocycles. The molecule has 2 aromatic rings. The number of benzene rings is 1. The predicted octanol–water partition coefficient (Wildman–Crippen LogP) is 1.05. The van der Waals surface area contributed by atoms with Crippen molar-refractivity contribution >= 4 is 27.5 Å². The Balaban J connectivity index is 1.64. The lowest BCUT2D eigenvalue weighted by Gasteiger charge is -2.26. The van der Waals surface area contributed by atoms with Gasteiger partial charge in [-0.2, -0.15) is 0 Å². The maximum Gasteiger partial charge on any atom is 0.233 e. The van der Waals surface area contributed by atoms with Gasteiger partial charge in [0, 0.05) is 20.1 Å². The zero-order valence-electron chi connectivity index (χ0n) is 15.3. The molecular formula is C17H22N4O4S2. The van der Waals surface area contributed by atoms with Crippen molar-refractivity contribution in [2.75, 3.05) is 32.1 Å². The Labute approximate surface area is 162 Å². The van der Waals surface area contributed by atoms with Gasteiger partial charge in [0.25, 0.3) is 0 Å². The molecule has 1 amide bonds. The van der Waals surface area contributed by atoms with Crippen LogP contribution in [0.5, 0.6) is 0 Å². The average Bonchev–Trinajstić information content (AvgIpc) is 3.00. The number of hydrogen-bond donors (Lipinski definition) is 0. The van der Waals surface area contributed by atoms with Crippen LogP contribution >= 0.6 is 11.8 Å². The lowest BCUT2D eigenvalue weighted by molar-refractivity contribution is -0.132. The molecule has 3 rings (SSSR count). The number of aryl methyl sites for hydroxylation is 1. The third-order valence-corrected chi connectivity index (χ3v) is 6.95. The first kappa shape index (κ1) is 19.8. The molecule has 2 heterocycles. The Hall–Kier alpha value is -1.91. The second-order valence-corrected chi connectivity index (χ2v) is 9.24. The second-order valence-electron chi connectivity index (χ2n) is 6.31. The number of amides is 1. The van der Waals surface area contributed by atoms with Crippen molar-refractivity contribution in [3.05, 3.63) is 35.7 Å². The van der Waals surface area contributed by atoms with Gasteiger partial charge in [0.15, 0.2) is 15.0 Å². The van der Waals surface area contributed by atoms with E-state index >= 15 is 0 Å². The maximum atomic E-state index is 12.6. The number of morpholine rings is 1. The van der Waals surface area contributed by atoms with E-state index in [1.54, 1.807) is 40.8 Å². The van der Waals surface area contributed by atoms with E-state index in [4.69, 9.17) is 4.74 Å². The van der Waals surface area contributed by atoms with Crippen LogP contribution < -0.4 is 0 Å². The van der Waals surface area contributed by atoms with Crippen molar-refractivity contribution in [1.82, 2.24) is 19.7 Å². The minimum atomic E-state index is -3.51. The summed E-state index contributed by atoms with van der Waals surface area (Å²) in [6, 6.07) is 6.72. The Bertz CT molecular complexity index is 904. The van der Waals surface area contributed by atoms with Gasteiger partial charge in [0.05, 0.1) is 23.9 Å². The van der Waals surface area contributed by atoms with Gasteiger partial charge in [-0.1, -0.05) is 29.5 Å². The van der Waals surface area contributed by atoms with E-state index in [2.05, 4.69) is 10.2 Å². The van der Waals surface area contributed by atoms with Crippen molar-refractivity contribution in [2.45, 2.75) is 22.7 Å². The van der Waals surface area contributed by atoms with Crippen LogP contribution in [0, 0.1) is 6.92 Å². The molecule has 0 bridgehead atoms. The number of ether oxygens (including phenoxy) is 1. The van der Waals surface area contributed by atoms with E-state index < -0.39 is 9.84 Å². The van der Waals surface area contributed by atoms with Gasteiger partial charge in [0.1, 0.15) is 11.6 Å². The van der Waals surface area contributed by atoms with Crippen molar-refractivity contribution in [1.29, 1.82) is 0 Å². The zero-order chi connectivity index (χ0) is 19.4. The highest BCUT2D eigenvalue weighted by Gasteiger charge is 2.22. The van der Waals surface area contributed by atoms with Crippen LogP contribution in [0.25, 0.3) is 0 Å². The van der Waals surface area contributed by atoms with E-state index in [1.165, 1.54) is 11.8 Å². The minimum Gasteiger partial charge on any atom is -0.378 e. The van der Waals surface area contributed by atoms with Gasteiger partial charge in [0.2, 0.25) is 5.91 Å². The number of hydrogen-bond acceptors (Lipinski definition) is 7. The fraction of sp³-hybridized carbons (Fsp3) is 0.471. The van der Waals surface area contributed by atoms with E-state index in [0.717, 1.165) is 5.56 Å². The Morgan fingerprint density at radius 2 is 1.85 bits per heavy atom. The van der Waals surface area contributed by atoms with Crippen LogP contribution in [0.2, 0.25) is 0 Å². The highest BCUT2D eigenvalue weighted by molar-refractivity contribution is 7.99. The van der Waals surface area contributed by atoms with Gasteiger partial charge < -0.3 is 14.2 Å². The Morgan fingerprint density at radius 3 is 2.52 bits per heavy atom. The standard InChI is InChI=1S/C17H22N4O4S2/c1-13-3-5-14(6-4-13)27(23,24)12-15-18-19-17(20(15)2)26-11-16(22)21-7-9-25-10-8-21/h3-6H,7-12H2,1-2H3. The minimum absolute atomic E-state index is 0.0140. The van der Waals surface area contributed by atoms with Crippen molar-refractivity contribution < 1.29 is 17.9 Å². The summed E-state index contributed by atoms with van der Waals surface area (Å²) in [4.78, 5) is 14.2. The molecule has 10 heteroatoms. The first-order chi connectivity index (χ1) is 12.9. The topological polar surface area (TPSA) is 94.4 Å². The van der Waals surface area contributed by atoms with E-state index in [1.807, 2.05) is 6.92 Å². The number of aromatic nitrogens is 3. The molecule has 1 aliphatic rings. The van der Waals surface area contributed by atoms with Gasteiger partial charge in [-0.3, -0.25) is 4.79 Å². The van der Waals surface area contributed by atoms with Crippen LogP contribution in [0.3, 0.4) is 0 Å². The van der Waals surface area contributed by atoms with Crippen LogP contribution in [0.4, 0.5) is 0 Å². The molecule has 8 nitrogen and oxygen atoms in total. The van der Waals surface area contributed by atoms with E-state index in [9.17, 15) is 13.2 Å². The van der Waals surface area contributed by atoms with E-state index in [-0.39, 0.29) is 22.3 Å². The molecule has 1 aromatic heterocycles. The molecule has 0 spiro atoms. The molecule has 1 aliphatic heterocycles. The first-order valence-corrected chi connectivity index (χ1v) is 11.2. The van der Waals surface area contributed by atoms with E-state index in [0.29, 0.717) is 37.3 Å². The lowest BCUT2D eigenvalue weighted by Crippen LogP contribution is -2.41. The SMILES string of the molecule is Cc1ccc(S(=O)(=O)Cc2nnc(SCC(=O)N3CCOCC3)n2C)cc1. The average molecular weight is 411 g/mol. The fourth-order valence-corrected chi connectivity index (χ4v) is 4.77. The van der Waals surface area contributed by atoms with Gasteiger partial charge in [-0.15, -0.1) is 10.2 Å². The molecule has 0 atom stereocenters. The summed E-state index contributed by atoms with van der Waals surface area (Å²) in [5.41, 5.74) is 0.997. The van der Waals surface area contributed by atoms with Crippen molar-refractivity contribution in [2.24, 2.45) is 7.05 Å². The molecule has 1 fully saturated rings. The Kier molecular flexibility index (Phi) is 6.18. The normalized spacial score (nSPS) is 15.1. The third-order valence-electron chi connectivity index (χ3n) is 4.31. The van der Waals surface area contributed by atoms with Crippen molar-refractivity contribution in [3.63, 3.8) is 0 Å². The molecular weight excluding hydrogens is 388 g/mol. The van der Waals surface area contributed by atoms with Gasteiger partial charge >= 0.3 is 0 Å². The quantitative estimate of drug-likeness (QED) is 0.657. The van der Waals surface area contributed by atoms with Gasteiger partial charge in [-0.05, 0) is 19.1 Å². The van der Waals surface area contributed by atoms with Crippen molar-refractivity contribution in [3.8, 4) is 0 Å². The van der Waals surface area contributed by atoms with Gasteiger partial charge in [-0.25, -0.2) is 8.42 Å². The summed E-state index contributed by atoms with van der Waals surface area (Å²) in [7, 11) is -1.80. The highest BCUT2D eigenvalue weighted by Crippen LogP contribution is 2.20. The Morgan fingerprint density at radius 1 is 1.19 bits per heavy atom. The molecule has 1 saturated heterocycles. The van der Waals surface area contributed by atoms with Crippen LogP contribution in [-0.4, -0.2) is 66.0 Å². The number of rotatable bonds is 6. The number of nitrogens with zero attached hydrogens (tertiary/aromatic N) is 4. The number of thioether (sulfide) groups is 1. The highest BCUT2D eigenvalue weighted by atomic mass is 32.2. The molecule has 146 valence electrons. The molecule has 0 N–H and O–H groups in total. The summed E-state index contributed by atoms with van der Waals surface area (Å²) in [5, 5.41) is 8.56. The van der Waals surface area contributed by atoms with Crippen LogP contribution in [-0.2, 0) is 32.2 Å². The number of carbonyl (C=O) groups excluding carboxylic acids is 1. The first-order valence-electron chi connectivity index (χ1n) is 8.53. The number of sulfone groups is 1. The summed E-state index contributed by atoms with van der Waals surface area (Å²) < 4.78 is 32.0. The van der Waals surface area contributed by atoms with Crippen LogP contribution in [0.15, 0.2) is 34.3 Å². The predicted molar refractivity (Wildman–Crippen MR) is 101 cm³/mol. The maximum absolute atomic E-state index is 12.6. The number of carbonyl (C=O) groups is 1. The largest absolute Gasteiger partial charge is 0.378 e. The molecule has 0 saturated carbocycles. The van der Waals surface area contributed by atoms with Crippen LogP contribution in [0.1, 0.15) is 11.4 Å². The smallest absolute Gasteiger partial charge is 0.233 e. The second kappa shape index (κ2) is 8.41. The molecule has 1 aromatic carbocycles. The molecule has 0 radical (unpaired) electrons. The third kappa shape index (κ3) is 4.88. The molecule has 0 unspecified atom stereocenters.